The van der Waals surface area contributed by atoms with Crippen LogP contribution >= 0.6 is 0 Å². The molecule has 2 atom stereocenters. The van der Waals surface area contributed by atoms with Gasteiger partial charge in [0.2, 0.25) is 0 Å². The summed E-state index contributed by atoms with van der Waals surface area (Å²) in [5.74, 6) is 1.70. The van der Waals surface area contributed by atoms with E-state index in [0.29, 0.717) is 18.4 Å². The van der Waals surface area contributed by atoms with Gasteiger partial charge in [-0.15, -0.1) is 0 Å². The Morgan fingerprint density at radius 1 is 1.26 bits per heavy atom. The van der Waals surface area contributed by atoms with E-state index in [4.69, 9.17) is 10.7 Å². The summed E-state index contributed by atoms with van der Waals surface area (Å²) in [4.78, 5) is 16.3. The molecule has 1 aliphatic carbocycles. The minimum atomic E-state index is -0.367. The zero-order valence-electron chi connectivity index (χ0n) is 15.3. The Kier molecular flexibility index (Phi) is 4.77. The molecule has 0 spiro atoms. The molecule has 2 unspecified atom stereocenters. The molecular formula is C22H23N3O2. The number of nitrogens with zero attached hydrogens (tertiary/aromatic N) is 2. The van der Waals surface area contributed by atoms with Gasteiger partial charge in [0.15, 0.2) is 0 Å². The van der Waals surface area contributed by atoms with E-state index in [-0.39, 0.29) is 5.97 Å². The Balaban J connectivity index is 1.67. The molecule has 138 valence electrons. The van der Waals surface area contributed by atoms with Gasteiger partial charge in [-0.25, -0.2) is 9.78 Å². The highest BCUT2D eigenvalue weighted by Crippen LogP contribution is 2.54. The van der Waals surface area contributed by atoms with Crippen molar-refractivity contribution in [3.63, 3.8) is 0 Å². The van der Waals surface area contributed by atoms with Gasteiger partial charge < -0.3 is 15.0 Å². The lowest BCUT2D eigenvalue weighted by atomic mass is 10.1. The Labute approximate surface area is 158 Å². The maximum atomic E-state index is 11.3. The summed E-state index contributed by atoms with van der Waals surface area (Å²) in [5, 5.41) is 0. The van der Waals surface area contributed by atoms with E-state index in [1.165, 1.54) is 18.7 Å². The molecule has 2 N–H and O–H groups in total. The van der Waals surface area contributed by atoms with Crippen LogP contribution in [0.5, 0.6) is 0 Å². The van der Waals surface area contributed by atoms with E-state index in [1.54, 1.807) is 6.08 Å². The first-order chi connectivity index (χ1) is 13.2. The fraction of sp³-hybridized carbons (Fsp3) is 0.273. The van der Waals surface area contributed by atoms with Crippen LogP contribution in [0.25, 0.3) is 17.1 Å². The maximum absolute atomic E-state index is 11.3. The fourth-order valence-corrected chi connectivity index (χ4v) is 3.70. The second-order valence-corrected chi connectivity index (χ2v) is 6.87. The lowest BCUT2D eigenvalue weighted by Crippen LogP contribution is -2.12. The van der Waals surface area contributed by atoms with Gasteiger partial charge in [0, 0.05) is 25.1 Å². The molecule has 27 heavy (non-hydrogen) atoms. The second-order valence-electron chi connectivity index (χ2n) is 6.87. The Morgan fingerprint density at radius 2 is 2.07 bits per heavy atom. The molecule has 0 aliphatic heterocycles. The number of carbonyl (C=O) groups is 1. The van der Waals surface area contributed by atoms with E-state index in [9.17, 15) is 4.79 Å². The number of ether oxygens (including phenoxy) is 1. The number of rotatable bonds is 6. The zero-order chi connectivity index (χ0) is 18.8. The van der Waals surface area contributed by atoms with Crippen molar-refractivity contribution in [2.75, 3.05) is 13.7 Å². The summed E-state index contributed by atoms with van der Waals surface area (Å²) in [7, 11) is 1.37. The van der Waals surface area contributed by atoms with E-state index in [0.717, 1.165) is 35.4 Å². The van der Waals surface area contributed by atoms with Crippen LogP contribution < -0.4 is 5.73 Å². The van der Waals surface area contributed by atoms with Crippen molar-refractivity contribution >= 4 is 23.1 Å². The van der Waals surface area contributed by atoms with Crippen molar-refractivity contribution in [3.8, 4) is 0 Å². The largest absolute Gasteiger partial charge is 0.466 e. The smallest absolute Gasteiger partial charge is 0.330 e. The number of imidazole rings is 1. The number of carbonyl (C=O) groups excluding carboxylic acids is 1. The third kappa shape index (κ3) is 3.51. The van der Waals surface area contributed by atoms with Crippen molar-refractivity contribution < 1.29 is 9.53 Å². The molecule has 1 aromatic heterocycles. The van der Waals surface area contributed by atoms with Gasteiger partial charge in [-0.2, -0.15) is 0 Å². The molecule has 1 fully saturated rings. The van der Waals surface area contributed by atoms with Crippen LogP contribution in [0.1, 0.15) is 35.2 Å². The molecule has 1 heterocycles. The highest BCUT2D eigenvalue weighted by molar-refractivity contribution is 5.88. The molecule has 3 aromatic rings. The third-order valence-electron chi connectivity index (χ3n) is 5.12. The third-order valence-corrected chi connectivity index (χ3v) is 5.12. The van der Waals surface area contributed by atoms with Crippen LogP contribution in [0.2, 0.25) is 0 Å². The van der Waals surface area contributed by atoms with Gasteiger partial charge in [-0.05, 0) is 41.7 Å². The van der Waals surface area contributed by atoms with Crippen LogP contribution in [0.4, 0.5) is 0 Å². The van der Waals surface area contributed by atoms with Crippen molar-refractivity contribution in [2.24, 2.45) is 5.73 Å². The van der Waals surface area contributed by atoms with E-state index in [2.05, 4.69) is 39.6 Å². The number of hydrogen-bond acceptors (Lipinski definition) is 4. The average molecular weight is 361 g/mol. The number of esters is 1. The van der Waals surface area contributed by atoms with Crippen molar-refractivity contribution in [3.05, 3.63) is 71.6 Å². The highest BCUT2D eigenvalue weighted by atomic mass is 16.5. The normalized spacial score (nSPS) is 18.9. The minimum absolute atomic E-state index is 0.367. The summed E-state index contributed by atoms with van der Waals surface area (Å²) in [6, 6.07) is 16.7. The van der Waals surface area contributed by atoms with Gasteiger partial charge in [0.25, 0.3) is 0 Å². The van der Waals surface area contributed by atoms with Crippen molar-refractivity contribution in [2.45, 2.75) is 24.8 Å². The molecular weight excluding hydrogens is 338 g/mol. The molecule has 0 radical (unpaired) electrons. The van der Waals surface area contributed by atoms with Gasteiger partial charge in [-0.3, -0.25) is 0 Å². The summed E-state index contributed by atoms with van der Waals surface area (Å²) in [6.45, 7) is 1.33. The number of fused-ring (bicyclic) bond motifs is 1. The first-order valence-corrected chi connectivity index (χ1v) is 9.22. The summed E-state index contributed by atoms with van der Waals surface area (Å²) < 4.78 is 6.90. The van der Waals surface area contributed by atoms with E-state index < -0.39 is 0 Å². The van der Waals surface area contributed by atoms with Crippen LogP contribution in [0.15, 0.2) is 54.6 Å². The predicted molar refractivity (Wildman–Crippen MR) is 106 cm³/mol. The molecule has 5 nitrogen and oxygen atoms in total. The quantitative estimate of drug-likeness (QED) is 0.539. The number of aromatic nitrogens is 2. The molecule has 4 rings (SSSR count). The number of benzene rings is 2. The first-order valence-electron chi connectivity index (χ1n) is 9.22. The Hall–Kier alpha value is -2.92. The summed E-state index contributed by atoms with van der Waals surface area (Å²) in [6.07, 6.45) is 4.29. The fourth-order valence-electron chi connectivity index (χ4n) is 3.70. The first kappa shape index (κ1) is 17.5. The molecule has 1 aliphatic rings. The molecule has 0 amide bonds. The highest BCUT2D eigenvalue weighted by Gasteiger charge is 2.42. The monoisotopic (exact) mass is 361 g/mol. The van der Waals surface area contributed by atoms with Gasteiger partial charge >= 0.3 is 5.97 Å². The molecule has 0 bridgehead atoms. The minimum Gasteiger partial charge on any atom is -0.466 e. The van der Waals surface area contributed by atoms with Gasteiger partial charge in [0.05, 0.1) is 18.1 Å². The van der Waals surface area contributed by atoms with Crippen LogP contribution in [-0.4, -0.2) is 29.2 Å². The van der Waals surface area contributed by atoms with Crippen LogP contribution in [0, 0.1) is 0 Å². The number of hydrogen-bond donors (Lipinski definition) is 1. The molecule has 1 saturated carbocycles. The second kappa shape index (κ2) is 7.37. The van der Waals surface area contributed by atoms with Gasteiger partial charge in [0.1, 0.15) is 5.82 Å². The topological polar surface area (TPSA) is 70.1 Å². The summed E-state index contributed by atoms with van der Waals surface area (Å²) >= 11 is 0. The summed E-state index contributed by atoms with van der Waals surface area (Å²) in [5.41, 5.74) is 10.2. The standard InChI is InChI=1S/C22H23N3O2/c1-27-21(26)10-8-15-7-9-20-19(13-15)24-22(25(20)12-11-23)18-14-17(18)16-5-3-2-4-6-16/h2-10,13,17-18H,11-12,14,23H2,1H3/b10-8+. The van der Waals surface area contributed by atoms with E-state index >= 15 is 0 Å². The van der Waals surface area contributed by atoms with Gasteiger partial charge in [-0.1, -0.05) is 36.4 Å². The van der Waals surface area contributed by atoms with Crippen LogP contribution in [-0.2, 0) is 16.1 Å². The number of nitrogens with two attached hydrogens (primary N) is 1. The Bertz CT molecular complexity index is 991. The van der Waals surface area contributed by atoms with Crippen molar-refractivity contribution in [1.29, 1.82) is 0 Å². The zero-order valence-corrected chi connectivity index (χ0v) is 15.3. The SMILES string of the molecule is COC(=O)/C=C/c1ccc2c(c1)nc(C1CC1c1ccccc1)n2CCN. The molecule has 2 aromatic carbocycles. The molecule has 5 heteroatoms. The van der Waals surface area contributed by atoms with E-state index in [1.807, 2.05) is 18.2 Å². The van der Waals surface area contributed by atoms with Crippen molar-refractivity contribution in [1.82, 2.24) is 9.55 Å². The molecule has 0 saturated heterocycles. The average Bonchev–Trinajstić information content (AvgIpc) is 3.43. The van der Waals surface area contributed by atoms with Crippen LogP contribution in [0.3, 0.4) is 0 Å². The maximum Gasteiger partial charge on any atom is 0.330 e. The number of methoxy groups -OCH3 is 1. The lowest BCUT2D eigenvalue weighted by molar-refractivity contribution is -0.134. The lowest BCUT2D eigenvalue weighted by Gasteiger charge is -2.07. The Morgan fingerprint density at radius 3 is 2.81 bits per heavy atom. The predicted octanol–water partition coefficient (Wildman–Crippen LogP) is 3.45.